The molecule has 324 valence electrons. The van der Waals surface area contributed by atoms with Gasteiger partial charge in [0.25, 0.3) is 11.8 Å². The van der Waals surface area contributed by atoms with E-state index in [1.54, 1.807) is 52.9 Å². The zero-order chi connectivity index (χ0) is 44.0. The minimum absolute atomic E-state index is 0.159. The van der Waals surface area contributed by atoms with Crippen molar-refractivity contribution in [3.05, 3.63) is 82.5 Å². The number of primary amides is 2. The van der Waals surface area contributed by atoms with Crippen LogP contribution in [0.4, 0.5) is 23.3 Å². The van der Waals surface area contributed by atoms with Gasteiger partial charge >= 0.3 is 0 Å². The number of aryl methyl sites for hydroxylation is 4. The van der Waals surface area contributed by atoms with Crippen LogP contribution in [-0.2, 0) is 17.8 Å². The standard InChI is InChI=1S/C43H52N14O5/c1-7-54-34(16-24(3)50-54)40(60)48-42-46-30-18-26(38(44)58)20-32-36(30)56(42)28(22-52(32)5)12-9-10-13-29-23-53(14-11-15-62-6)33-21-27(39(45)59)19-31-37(33)57(29)43(47-31)49-41(61)35-17-25(4)51-55(35)8-2/h9-10,16-21,28-29H,7-8,11-15,22-23H2,1-6H3,(H2,44,58)(H2,45,59)(H,46,48,60)(H,47,49,61)/b10-9-/t28?,29-/m0/s1. The van der Waals surface area contributed by atoms with Gasteiger partial charge in [0.05, 0.1) is 56.9 Å². The molecule has 62 heavy (non-hydrogen) atoms. The van der Waals surface area contributed by atoms with Crippen molar-refractivity contribution in [1.29, 1.82) is 0 Å². The number of hydrogen-bond acceptors (Lipinski definition) is 11. The van der Waals surface area contributed by atoms with Crippen molar-refractivity contribution in [3.63, 3.8) is 0 Å². The van der Waals surface area contributed by atoms with Gasteiger partial charge in [-0.2, -0.15) is 10.2 Å². The van der Waals surface area contributed by atoms with E-state index in [2.05, 4.69) is 47.3 Å². The molecule has 19 nitrogen and oxygen atoms in total. The molecule has 0 bridgehead atoms. The van der Waals surface area contributed by atoms with Gasteiger partial charge < -0.3 is 35.1 Å². The Balaban J connectivity index is 1.14. The molecule has 2 aliphatic heterocycles. The van der Waals surface area contributed by atoms with Gasteiger partial charge in [-0.05, 0) is 83.4 Å². The van der Waals surface area contributed by atoms with Gasteiger partial charge in [0.15, 0.2) is 0 Å². The fraction of sp³-hybridized carbons (Fsp3) is 0.395. The molecule has 0 saturated carbocycles. The molecule has 6 heterocycles. The maximum absolute atomic E-state index is 13.8. The Hall–Kier alpha value is -7.02. The second kappa shape index (κ2) is 16.8. The van der Waals surface area contributed by atoms with Gasteiger partial charge in [-0.15, -0.1) is 0 Å². The number of anilines is 4. The average molecular weight is 845 g/mol. The van der Waals surface area contributed by atoms with Crippen molar-refractivity contribution in [2.75, 3.05) is 60.8 Å². The number of methoxy groups -OCH3 is 1. The zero-order valence-electron chi connectivity index (χ0n) is 35.8. The number of nitrogens with one attached hydrogen (secondary N) is 2. The minimum atomic E-state index is -0.572. The van der Waals surface area contributed by atoms with Crippen molar-refractivity contribution in [2.24, 2.45) is 11.5 Å². The maximum atomic E-state index is 13.8. The molecule has 4 amide bonds. The van der Waals surface area contributed by atoms with Crippen molar-refractivity contribution in [3.8, 4) is 0 Å². The van der Waals surface area contributed by atoms with Crippen LogP contribution in [0.1, 0.15) is 98.3 Å². The van der Waals surface area contributed by atoms with Gasteiger partial charge in [0, 0.05) is 64.6 Å². The predicted molar refractivity (Wildman–Crippen MR) is 236 cm³/mol. The number of nitrogens with zero attached hydrogens (tertiary/aromatic N) is 10. The normalized spacial score (nSPS) is 15.9. The van der Waals surface area contributed by atoms with Crippen LogP contribution < -0.4 is 31.9 Å². The summed E-state index contributed by atoms with van der Waals surface area (Å²) < 4.78 is 12.8. The molecule has 6 aromatic rings. The Morgan fingerprint density at radius 1 is 0.742 bits per heavy atom. The number of aromatic nitrogens is 8. The van der Waals surface area contributed by atoms with Crippen molar-refractivity contribution < 1.29 is 23.9 Å². The summed E-state index contributed by atoms with van der Waals surface area (Å²) in [5.41, 5.74) is 18.7. The zero-order valence-corrected chi connectivity index (χ0v) is 35.8. The summed E-state index contributed by atoms with van der Waals surface area (Å²) in [6, 6.07) is 10.0. The van der Waals surface area contributed by atoms with E-state index in [-0.39, 0.29) is 23.9 Å². The highest BCUT2D eigenvalue weighted by Crippen LogP contribution is 2.42. The van der Waals surface area contributed by atoms with Crippen LogP contribution in [-0.4, -0.2) is 103 Å². The summed E-state index contributed by atoms with van der Waals surface area (Å²) in [6.07, 6.45) is 6.16. The van der Waals surface area contributed by atoms with Crippen LogP contribution in [0.3, 0.4) is 0 Å². The Labute approximate surface area is 357 Å². The first-order valence-electron chi connectivity index (χ1n) is 20.8. The Kier molecular flexibility index (Phi) is 11.3. The fourth-order valence-corrected chi connectivity index (χ4v) is 8.80. The molecule has 1 unspecified atom stereocenters. The Morgan fingerprint density at radius 2 is 1.23 bits per heavy atom. The summed E-state index contributed by atoms with van der Waals surface area (Å²) in [7, 11) is 3.63. The molecule has 2 aliphatic rings. The molecule has 19 heteroatoms. The molecule has 2 aromatic carbocycles. The fourth-order valence-electron chi connectivity index (χ4n) is 8.80. The Morgan fingerprint density at radius 3 is 1.71 bits per heavy atom. The number of likely N-dealkylation sites (N-methyl/N-ethyl adjacent to an activating group) is 1. The molecule has 2 atom stereocenters. The summed E-state index contributed by atoms with van der Waals surface area (Å²) in [4.78, 5) is 66.6. The molecule has 0 spiro atoms. The highest BCUT2D eigenvalue weighted by atomic mass is 16.5. The Bertz CT molecular complexity index is 2770. The van der Waals surface area contributed by atoms with Gasteiger partial charge in [0.2, 0.25) is 23.7 Å². The monoisotopic (exact) mass is 844 g/mol. The van der Waals surface area contributed by atoms with E-state index in [0.717, 1.165) is 40.2 Å². The SMILES string of the molecule is CCn1nc(C)cc1C(=O)Nc1nc2cc(C(N)=O)cc3c2n1C(C/C=C\C[C@H]1CN(CCCOC)c2cc(C(N)=O)cc4nc(NC(=O)c5cc(C)nn5CC)n1c24)CN3C. The first-order valence-corrected chi connectivity index (χ1v) is 20.8. The van der Waals surface area contributed by atoms with Gasteiger partial charge in [-0.25, -0.2) is 9.97 Å². The molecular formula is C43H52N14O5. The second-order valence-electron chi connectivity index (χ2n) is 15.9. The minimum Gasteiger partial charge on any atom is -0.385 e. The number of hydrogen-bond donors (Lipinski definition) is 4. The van der Waals surface area contributed by atoms with Crippen LogP contribution in [0.2, 0.25) is 0 Å². The van der Waals surface area contributed by atoms with Crippen LogP contribution in [0.15, 0.2) is 48.6 Å². The van der Waals surface area contributed by atoms with Crippen LogP contribution in [0.5, 0.6) is 0 Å². The highest BCUT2D eigenvalue weighted by Gasteiger charge is 2.33. The van der Waals surface area contributed by atoms with Gasteiger partial charge in [0.1, 0.15) is 11.4 Å². The molecular weight excluding hydrogens is 793 g/mol. The number of nitrogens with two attached hydrogens (primary N) is 2. The van der Waals surface area contributed by atoms with E-state index in [9.17, 15) is 19.2 Å². The number of carbonyl (C=O) groups is 4. The summed E-state index contributed by atoms with van der Waals surface area (Å²) in [5.74, 6) is -1.12. The summed E-state index contributed by atoms with van der Waals surface area (Å²) in [6.45, 7) is 10.9. The highest BCUT2D eigenvalue weighted by molar-refractivity contribution is 6.07. The van der Waals surface area contributed by atoms with E-state index in [0.29, 0.717) is 97.6 Å². The third-order valence-corrected chi connectivity index (χ3v) is 11.6. The van der Waals surface area contributed by atoms with Gasteiger partial charge in [-0.1, -0.05) is 12.2 Å². The summed E-state index contributed by atoms with van der Waals surface area (Å²) >= 11 is 0. The molecule has 0 radical (unpaired) electrons. The van der Waals surface area contributed by atoms with Crippen LogP contribution >= 0.6 is 0 Å². The van der Waals surface area contributed by atoms with Crippen LogP contribution in [0, 0.1) is 13.8 Å². The molecule has 8 rings (SSSR count). The van der Waals surface area contributed by atoms with Gasteiger partial charge in [-0.3, -0.25) is 39.2 Å². The molecule has 0 aliphatic carbocycles. The lowest BCUT2D eigenvalue weighted by atomic mass is 10.0. The van der Waals surface area contributed by atoms with Crippen molar-refractivity contribution in [2.45, 2.75) is 72.1 Å². The lowest BCUT2D eigenvalue weighted by Crippen LogP contribution is -2.37. The van der Waals surface area contributed by atoms with Crippen molar-refractivity contribution in [1.82, 2.24) is 38.7 Å². The number of rotatable bonds is 16. The first kappa shape index (κ1) is 41.7. The largest absolute Gasteiger partial charge is 0.385 e. The van der Waals surface area contributed by atoms with E-state index in [4.69, 9.17) is 26.2 Å². The quantitative estimate of drug-likeness (QED) is 0.0779. The van der Waals surface area contributed by atoms with Crippen molar-refractivity contribution >= 4 is 69.0 Å². The third-order valence-electron chi connectivity index (χ3n) is 11.6. The number of amides is 4. The topological polar surface area (TPSA) is 231 Å². The van der Waals surface area contributed by atoms with Crippen LogP contribution in [0.25, 0.3) is 22.1 Å². The number of imidazole rings is 2. The molecule has 4 aromatic heterocycles. The molecule has 6 N–H and O–H groups in total. The third kappa shape index (κ3) is 7.63. The van der Waals surface area contributed by atoms with E-state index in [1.807, 2.05) is 39.3 Å². The number of carbonyl (C=O) groups excluding carboxylic acids is 4. The molecule has 0 fully saturated rings. The smallest absolute Gasteiger partial charge is 0.276 e. The first-order chi connectivity index (χ1) is 29.8. The van der Waals surface area contributed by atoms with E-state index in [1.165, 1.54) is 0 Å². The number of ether oxygens (including phenoxy) is 1. The lowest BCUT2D eigenvalue weighted by molar-refractivity contribution is 0.0992. The lowest BCUT2D eigenvalue weighted by Gasteiger charge is -2.36. The maximum Gasteiger partial charge on any atom is 0.276 e. The second-order valence-corrected chi connectivity index (χ2v) is 15.9. The number of allylic oxidation sites excluding steroid dienone is 2. The number of benzene rings is 2. The van der Waals surface area contributed by atoms with E-state index >= 15 is 0 Å². The summed E-state index contributed by atoms with van der Waals surface area (Å²) in [5, 5.41) is 15.0. The predicted octanol–water partition coefficient (Wildman–Crippen LogP) is 4.56. The average Bonchev–Trinajstić information content (AvgIpc) is 4.02. The van der Waals surface area contributed by atoms with E-state index < -0.39 is 11.8 Å². The molecule has 0 saturated heterocycles.